The van der Waals surface area contributed by atoms with Gasteiger partial charge in [-0.2, -0.15) is 0 Å². The second kappa shape index (κ2) is 3.64. The van der Waals surface area contributed by atoms with E-state index in [-0.39, 0.29) is 18.6 Å². The maximum atomic E-state index is 11.9. The van der Waals surface area contributed by atoms with Crippen LogP contribution in [0.5, 0.6) is 0 Å². The van der Waals surface area contributed by atoms with Gasteiger partial charge in [0.2, 0.25) is 0 Å². The lowest BCUT2D eigenvalue weighted by atomic mass is 9.59. The van der Waals surface area contributed by atoms with Gasteiger partial charge in [0.15, 0.2) is 12.0 Å². The molecule has 1 aromatic rings. The van der Waals surface area contributed by atoms with Crippen LogP contribution in [0.3, 0.4) is 0 Å². The van der Waals surface area contributed by atoms with E-state index in [1.54, 1.807) is 0 Å². The zero-order chi connectivity index (χ0) is 15.0. The standard InChI is InChI=1S/C13H12N2O6/c1-2-6-3-15(11(18)14-9(6)17)10-7-8-12(5-16,21-10)4-13(8,19)20-7/h1,3,7-8,10,16,19H,4-5H2,(H,14,17,18). The molecule has 5 unspecified atom stereocenters. The molecule has 5 atom stereocenters. The van der Waals surface area contributed by atoms with Gasteiger partial charge >= 0.3 is 5.69 Å². The molecule has 8 nitrogen and oxygen atoms in total. The Morgan fingerprint density at radius 1 is 1.52 bits per heavy atom. The zero-order valence-electron chi connectivity index (χ0n) is 10.8. The molecule has 1 saturated carbocycles. The first-order valence-electron chi connectivity index (χ1n) is 6.45. The van der Waals surface area contributed by atoms with Crippen LogP contribution in [0.1, 0.15) is 18.2 Å². The molecule has 3 N–H and O–H groups in total. The minimum Gasteiger partial charge on any atom is -0.393 e. The lowest BCUT2D eigenvalue weighted by molar-refractivity contribution is -0.434. The fraction of sp³-hybridized carbons (Fsp3) is 0.538. The predicted octanol–water partition coefficient (Wildman–Crippen LogP) is -2.11. The van der Waals surface area contributed by atoms with Crippen molar-refractivity contribution in [3.05, 3.63) is 32.6 Å². The summed E-state index contributed by atoms with van der Waals surface area (Å²) in [5.74, 6) is 0.500. The van der Waals surface area contributed by atoms with Crippen molar-refractivity contribution in [1.82, 2.24) is 9.55 Å². The summed E-state index contributed by atoms with van der Waals surface area (Å²) in [5, 5.41) is 19.5. The predicted molar refractivity (Wildman–Crippen MR) is 67.1 cm³/mol. The normalized spacial score (nSPS) is 42.6. The number of aliphatic hydroxyl groups excluding tert-OH is 1. The second-order valence-electron chi connectivity index (χ2n) is 5.67. The van der Waals surface area contributed by atoms with E-state index in [1.807, 2.05) is 0 Å². The van der Waals surface area contributed by atoms with Gasteiger partial charge in [0.25, 0.3) is 5.56 Å². The van der Waals surface area contributed by atoms with E-state index in [0.717, 1.165) is 4.57 Å². The van der Waals surface area contributed by atoms with Crippen molar-refractivity contribution in [3.8, 4) is 12.3 Å². The summed E-state index contributed by atoms with van der Waals surface area (Å²) in [6, 6.07) is 0. The van der Waals surface area contributed by atoms with E-state index < -0.39 is 40.9 Å². The molecule has 1 aliphatic carbocycles. The molecule has 8 heteroatoms. The first-order valence-corrected chi connectivity index (χ1v) is 6.45. The average Bonchev–Trinajstić information content (AvgIpc) is 2.55. The third-order valence-corrected chi connectivity index (χ3v) is 4.58. The van der Waals surface area contributed by atoms with Gasteiger partial charge in [0.05, 0.1) is 12.5 Å². The molecule has 110 valence electrons. The Morgan fingerprint density at radius 3 is 2.86 bits per heavy atom. The minimum absolute atomic E-state index is 0.00918. The molecule has 4 rings (SSSR count). The van der Waals surface area contributed by atoms with Crippen LogP contribution in [0, 0.1) is 18.3 Å². The summed E-state index contributed by atoms with van der Waals surface area (Å²) in [5.41, 5.74) is -2.25. The Labute approximate surface area is 117 Å². The van der Waals surface area contributed by atoms with Gasteiger partial charge in [-0.15, -0.1) is 6.42 Å². The number of terminal acetylenes is 1. The summed E-state index contributed by atoms with van der Waals surface area (Å²) in [7, 11) is 0. The average molecular weight is 292 g/mol. The van der Waals surface area contributed by atoms with Crippen LogP contribution in [0.25, 0.3) is 0 Å². The number of aromatic nitrogens is 2. The van der Waals surface area contributed by atoms with Gasteiger partial charge in [-0.1, -0.05) is 5.92 Å². The van der Waals surface area contributed by atoms with Crippen LogP contribution in [0.15, 0.2) is 15.8 Å². The number of ether oxygens (including phenoxy) is 2. The summed E-state index contributed by atoms with van der Waals surface area (Å²) in [4.78, 5) is 25.5. The molecule has 2 aliphatic heterocycles. The van der Waals surface area contributed by atoms with E-state index in [1.165, 1.54) is 6.20 Å². The SMILES string of the molecule is C#Cc1cn(C2OC3(CO)CC4(O)OC2C43)c(=O)[nH]c1=O. The zero-order valence-corrected chi connectivity index (χ0v) is 10.8. The highest BCUT2D eigenvalue weighted by atomic mass is 16.7. The fourth-order valence-electron chi connectivity index (χ4n) is 3.66. The molecular weight excluding hydrogens is 280 g/mol. The Morgan fingerprint density at radius 2 is 2.29 bits per heavy atom. The Hall–Kier alpha value is -1.92. The van der Waals surface area contributed by atoms with Gasteiger partial charge in [0, 0.05) is 12.6 Å². The molecule has 3 aliphatic rings. The molecular formula is C13H12N2O6. The lowest BCUT2D eigenvalue weighted by Gasteiger charge is -2.62. The van der Waals surface area contributed by atoms with Crippen molar-refractivity contribution in [2.45, 2.75) is 30.1 Å². The molecule has 21 heavy (non-hydrogen) atoms. The number of nitrogens with one attached hydrogen (secondary N) is 1. The second-order valence-corrected chi connectivity index (χ2v) is 5.67. The quantitative estimate of drug-likeness (QED) is 0.537. The third-order valence-electron chi connectivity index (χ3n) is 4.58. The topological polar surface area (TPSA) is 114 Å². The highest BCUT2D eigenvalue weighted by molar-refractivity contribution is 5.27. The maximum absolute atomic E-state index is 11.9. The van der Waals surface area contributed by atoms with Gasteiger partial charge in [0.1, 0.15) is 17.3 Å². The van der Waals surface area contributed by atoms with Crippen molar-refractivity contribution >= 4 is 0 Å². The summed E-state index contributed by atoms with van der Waals surface area (Å²) >= 11 is 0. The smallest absolute Gasteiger partial charge is 0.330 e. The monoisotopic (exact) mass is 292 g/mol. The van der Waals surface area contributed by atoms with Crippen LogP contribution < -0.4 is 11.2 Å². The van der Waals surface area contributed by atoms with E-state index in [9.17, 15) is 19.8 Å². The number of hydrogen-bond acceptors (Lipinski definition) is 6. The largest absolute Gasteiger partial charge is 0.393 e. The highest BCUT2D eigenvalue weighted by Gasteiger charge is 2.81. The van der Waals surface area contributed by atoms with Crippen molar-refractivity contribution in [3.63, 3.8) is 0 Å². The van der Waals surface area contributed by atoms with E-state index >= 15 is 0 Å². The fourth-order valence-corrected chi connectivity index (χ4v) is 3.66. The minimum atomic E-state index is -1.29. The molecule has 3 fully saturated rings. The van der Waals surface area contributed by atoms with Crippen LogP contribution in [0.4, 0.5) is 0 Å². The molecule has 3 heterocycles. The van der Waals surface area contributed by atoms with Crippen molar-refractivity contribution in [1.29, 1.82) is 0 Å². The number of aliphatic hydroxyl groups is 2. The number of H-pyrrole nitrogens is 1. The maximum Gasteiger partial charge on any atom is 0.330 e. The third kappa shape index (κ3) is 1.34. The van der Waals surface area contributed by atoms with Crippen molar-refractivity contribution in [2.24, 2.45) is 5.92 Å². The Balaban J connectivity index is 1.79. The van der Waals surface area contributed by atoms with Crippen LogP contribution in [0.2, 0.25) is 0 Å². The van der Waals surface area contributed by atoms with Crippen molar-refractivity contribution < 1.29 is 19.7 Å². The highest BCUT2D eigenvalue weighted by Crippen LogP contribution is 2.67. The molecule has 2 saturated heterocycles. The van der Waals surface area contributed by atoms with Gasteiger partial charge in [-0.3, -0.25) is 14.3 Å². The Kier molecular flexibility index (Phi) is 2.22. The van der Waals surface area contributed by atoms with E-state index in [2.05, 4.69) is 10.9 Å². The van der Waals surface area contributed by atoms with Crippen molar-refractivity contribution in [2.75, 3.05) is 6.61 Å². The Bertz CT molecular complexity index is 791. The molecule has 0 bridgehead atoms. The summed E-state index contributed by atoms with van der Waals surface area (Å²) in [6.45, 7) is -0.281. The summed E-state index contributed by atoms with van der Waals surface area (Å²) < 4.78 is 12.3. The van der Waals surface area contributed by atoms with Crippen LogP contribution >= 0.6 is 0 Å². The van der Waals surface area contributed by atoms with Gasteiger partial charge in [-0.25, -0.2) is 4.79 Å². The van der Waals surface area contributed by atoms with Gasteiger partial charge in [-0.05, 0) is 0 Å². The number of nitrogens with zero attached hydrogens (tertiary/aromatic N) is 1. The van der Waals surface area contributed by atoms with E-state index in [4.69, 9.17) is 15.9 Å². The van der Waals surface area contributed by atoms with Crippen LogP contribution in [-0.4, -0.2) is 43.9 Å². The van der Waals surface area contributed by atoms with Gasteiger partial charge < -0.3 is 19.7 Å². The molecule has 1 aromatic heterocycles. The molecule has 0 radical (unpaired) electrons. The number of rotatable bonds is 2. The molecule has 0 spiro atoms. The summed E-state index contributed by atoms with van der Waals surface area (Å²) in [6.07, 6.45) is 5.18. The lowest BCUT2D eigenvalue weighted by Crippen LogP contribution is -2.77. The number of aromatic amines is 1. The number of hydrogen-bond donors (Lipinski definition) is 3. The molecule has 0 amide bonds. The first kappa shape index (κ1) is 12.8. The molecule has 0 aromatic carbocycles. The van der Waals surface area contributed by atoms with E-state index in [0.29, 0.717) is 0 Å². The first-order chi connectivity index (χ1) is 9.94. The van der Waals surface area contributed by atoms with Crippen LogP contribution in [-0.2, 0) is 9.47 Å².